The van der Waals surface area contributed by atoms with Crippen molar-refractivity contribution in [3.63, 3.8) is 0 Å². The van der Waals surface area contributed by atoms with E-state index in [1.807, 2.05) is 6.92 Å². The molecule has 0 atom stereocenters. The fourth-order valence-electron chi connectivity index (χ4n) is 3.24. The first kappa shape index (κ1) is 16.5. The SMILES string of the molecule is CCOC(=O)CC1(N(C)C(=O)c2cc(C)[nH]n2)CCCCC1. The van der Waals surface area contributed by atoms with Crippen LogP contribution in [0.25, 0.3) is 0 Å². The molecular weight excluding hydrogens is 282 g/mol. The molecule has 1 heterocycles. The van der Waals surface area contributed by atoms with Crippen molar-refractivity contribution >= 4 is 11.9 Å². The summed E-state index contributed by atoms with van der Waals surface area (Å²) in [5.41, 5.74) is 0.794. The number of hydrogen-bond donors (Lipinski definition) is 1. The summed E-state index contributed by atoms with van der Waals surface area (Å²) >= 11 is 0. The van der Waals surface area contributed by atoms with Gasteiger partial charge in [-0.2, -0.15) is 5.10 Å². The predicted octanol–water partition coefficient (Wildman–Crippen LogP) is 2.45. The van der Waals surface area contributed by atoms with Gasteiger partial charge in [-0.05, 0) is 32.8 Å². The number of amides is 1. The lowest BCUT2D eigenvalue weighted by Gasteiger charge is -2.43. The predicted molar refractivity (Wildman–Crippen MR) is 82.5 cm³/mol. The van der Waals surface area contributed by atoms with Crippen LogP contribution in [-0.4, -0.2) is 46.2 Å². The lowest BCUT2D eigenvalue weighted by molar-refractivity contribution is -0.146. The quantitative estimate of drug-likeness (QED) is 0.848. The van der Waals surface area contributed by atoms with Gasteiger partial charge in [0, 0.05) is 12.7 Å². The minimum atomic E-state index is -0.450. The van der Waals surface area contributed by atoms with Gasteiger partial charge in [-0.25, -0.2) is 0 Å². The van der Waals surface area contributed by atoms with Crippen molar-refractivity contribution in [3.8, 4) is 0 Å². The Morgan fingerprint density at radius 3 is 2.59 bits per heavy atom. The van der Waals surface area contributed by atoms with Gasteiger partial charge in [0.15, 0.2) is 0 Å². The Kier molecular flexibility index (Phi) is 5.21. The molecule has 0 aromatic carbocycles. The van der Waals surface area contributed by atoms with Crippen LogP contribution in [0.15, 0.2) is 6.07 Å². The molecule has 1 N–H and O–H groups in total. The summed E-state index contributed by atoms with van der Waals surface area (Å²) in [5.74, 6) is -0.377. The molecule has 0 bridgehead atoms. The number of nitrogens with one attached hydrogen (secondary N) is 1. The van der Waals surface area contributed by atoms with Gasteiger partial charge in [0.2, 0.25) is 0 Å². The van der Waals surface area contributed by atoms with E-state index in [-0.39, 0.29) is 18.3 Å². The van der Waals surface area contributed by atoms with Crippen LogP contribution in [0.5, 0.6) is 0 Å². The van der Waals surface area contributed by atoms with Gasteiger partial charge >= 0.3 is 5.97 Å². The smallest absolute Gasteiger partial charge is 0.308 e. The molecule has 0 spiro atoms. The Balaban J connectivity index is 2.20. The molecule has 1 aliphatic carbocycles. The van der Waals surface area contributed by atoms with E-state index in [1.165, 1.54) is 0 Å². The number of carbonyl (C=O) groups is 2. The average Bonchev–Trinajstić information content (AvgIpc) is 2.93. The lowest BCUT2D eigenvalue weighted by Crippen LogP contribution is -2.52. The number of nitrogens with zero attached hydrogens (tertiary/aromatic N) is 2. The van der Waals surface area contributed by atoms with Crippen molar-refractivity contribution in [2.75, 3.05) is 13.7 Å². The van der Waals surface area contributed by atoms with Gasteiger partial charge in [-0.15, -0.1) is 0 Å². The number of esters is 1. The third-order valence-electron chi connectivity index (χ3n) is 4.50. The molecular formula is C16H25N3O3. The Morgan fingerprint density at radius 1 is 1.36 bits per heavy atom. The molecule has 1 amide bonds. The van der Waals surface area contributed by atoms with Crippen LogP contribution in [0.3, 0.4) is 0 Å². The highest BCUT2D eigenvalue weighted by molar-refractivity contribution is 5.93. The number of aryl methyl sites for hydroxylation is 1. The van der Waals surface area contributed by atoms with Gasteiger partial charge in [0.25, 0.3) is 5.91 Å². The first-order valence-electron chi connectivity index (χ1n) is 7.94. The monoisotopic (exact) mass is 307 g/mol. The molecule has 0 aliphatic heterocycles. The maximum atomic E-state index is 12.7. The van der Waals surface area contributed by atoms with Crippen molar-refractivity contribution in [2.45, 2.75) is 57.9 Å². The molecule has 0 saturated heterocycles. The molecule has 0 unspecified atom stereocenters. The van der Waals surface area contributed by atoms with Crippen molar-refractivity contribution in [1.82, 2.24) is 15.1 Å². The average molecular weight is 307 g/mol. The first-order valence-corrected chi connectivity index (χ1v) is 7.94. The van der Waals surface area contributed by atoms with E-state index in [9.17, 15) is 9.59 Å². The zero-order chi connectivity index (χ0) is 16.2. The van der Waals surface area contributed by atoms with E-state index in [0.29, 0.717) is 12.3 Å². The van der Waals surface area contributed by atoms with E-state index in [4.69, 9.17) is 4.74 Å². The Morgan fingerprint density at radius 2 is 2.05 bits per heavy atom. The van der Waals surface area contributed by atoms with E-state index >= 15 is 0 Å². The second kappa shape index (κ2) is 6.94. The molecule has 122 valence electrons. The first-order chi connectivity index (χ1) is 10.5. The summed E-state index contributed by atoms with van der Waals surface area (Å²) in [6.07, 6.45) is 5.11. The summed E-state index contributed by atoms with van der Waals surface area (Å²) in [7, 11) is 1.77. The van der Waals surface area contributed by atoms with Gasteiger partial charge in [-0.1, -0.05) is 19.3 Å². The van der Waals surface area contributed by atoms with Gasteiger partial charge < -0.3 is 9.64 Å². The molecule has 6 nitrogen and oxygen atoms in total. The number of H-pyrrole nitrogens is 1. The van der Waals surface area contributed by atoms with Crippen molar-refractivity contribution in [2.24, 2.45) is 0 Å². The third-order valence-corrected chi connectivity index (χ3v) is 4.50. The molecule has 1 saturated carbocycles. The van der Waals surface area contributed by atoms with Crippen LogP contribution in [0, 0.1) is 6.92 Å². The largest absolute Gasteiger partial charge is 0.466 e. The second-order valence-corrected chi connectivity index (χ2v) is 6.07. The summed E-state index contributed by atoms with van der Waals surface area (Å²) in [6, 6.07) is 1.74. The topological polar surface area (TPSA) is 75.3 Å². The number of hydrogen-bond acceptors (Lipinski definition) is 4. The Bertz CT molecular complexity index is 532. The summed E-state index contributed by atoms with van der Waals surface area (Å²) < 4.78 is 5.11. The molecule has 2 rings (SSSR count). The summed E-state index contributed by atoms with van der Waals surface area (Å²) in [5, 5.41) is 6.84. The molecule has 0 radical (unpaired) electrons. The highest BCUT2D eigenvalue weighted by atomic mass is 16.5. The highest BCUT2D eigenvalue weighted by Crippen LogP contribution is 2.36. The van der Waals surface area contributed by atoms with Crippen LogP contribution < -0.4 is 0 Å². The zero-order valence-corrected chi connectivity index (χ0v) is 13.6. The third kappa shape index (κ3) is 3.48. The number of aromatic nitrogens is 2. The molecule has 1 aromatic heterocycles. The van der Waals surface area contributed by atoms with Gasteiger partial charge in [0.05, 0.1) is 18.6 Å². The van der Waals surface area contributed by atoms with Crippen molar-refractivity contribution in [1.29, 1.82) is 0 Å². The van der Waals surface area contributed by atoms with Gasteiger partial charge in [-0.3, -0.25) is 14.7 Å². The normalized spacial score (nSPS) is 17.0. The van der Waals surface area contributed by atoms with Crippen LogP contribution in [0.2, 0.25) is 0 Å². The Hall–Kier alpha value is -1.85. The maximum Gasteiger partial charge on any atom is 0.308 e. The second-order valence-electron chi connectivity index (χ2n) is 6.07. The standard InChI is InChI=1S/C16H25N3O3/c1-4-22-14(20)11-16(8-6-5-7-9-16)19(3)15(21)13-10-12(2)17-18-13/h10H,4-9,11H2,1-3H3,(H,17,18). The minimum absolute atomic E-state index is 0.143. The molecule has 1 fully saturated rings. The highest BCUT2D eigenvalue weighted by Gasteiger charge is 2.41. The molecule has 22 heavy (non-hydrogen) atoms. The fourth-order valence-corrected chi connectivity index (χ4v) is 3.24. The van der Waals surface area contributed by atoms with Crippen LogP contribution >= 0.6 is 0 Å². The lowest BCUT2D eigenvalue weighted by atomic mass is 9.78. The zero-order valence-electron chi connectivity index (χ0n) is 13.6. The number of ether oxygens (including phenoxy) is 1. The number of rotatable bonds is 5. The fraction of sp³-hybridized carbons (Fsp3) is 0.688. The van der Waals surface area contributed by atoms with E-state index in [1.54, 1.807) is 24.9 Å². The summed E-state index contributed by atoms with van der Waals surface area (Å²) in [4.78, 5) is 26.4. The summed E-state index contributed by atoms with van der Waals surface area (Å²) in [6.45, 7) is 4.02. The van der Waals surface area contributed by atoms with E-state index in [2.05, 4.69) is 10.2 Å². The van der Waals surface area contributed by atoms with Gasteiger partial charge in [0.1, 0.15) is 5.69 Å². The maximum absolute atomic E-state index is 12.7. The van der Waals surface area contributed by atoms with Crippen LogP contribution in [0.1, 0.15) is 61.6 Å². The van der Waals surface area contributed by atoms with Crippen LogP contribution in [0.4, 0.5) is 0 Å². The molecule has 1 aromatic rings. The van der Waals surface area contributed by atoms with Crippen molar-refractivity contribution < 1.29 is 14.3 Å². The number of carbonyl (C=O) groups excluding carboxylic acids is 2. The van der Waals surface area contributed by atoms with Crippen molar-refractivity contribution in [3.05, 3.63) is 17.5 Å². The Labute approximate surface area is 131 Å². The van der Waals surface area contributed by atoms with E-state index < -0.39 is 5.54 Å². The molecule has 1 aliphatic rings. The van der Waals surface area contributed by atoms with Crippen LogP contribution in [-0.2, 0) is 9.53 Å². The number of aromatic amines is 1. The van der Waals surface area contributed by atoms with E-state index in [0.717, 1.165) is 37.8 Å². The molecule has 6 heteroatoms. The minimum Gasteiger partial charge on any atom is -0.466 e.